The van der Waals surface area contributed by atoms with Crippen LogP contribution in [-0.2, 0) is 59.4 Å². The molecule has 1 unspecified atom stereocenters. The number of benzene rings is 2. The van der Waals surface area contributed by atoms with Crippen molar-refractivity contribution in [1.29, 1.82) is 0 Å². The van der Waals surface area contributed by atoms with E-state index in [1.54, 1.807) is 37.3 Å². The van der Waals surface area contributed by atoms with Crippen LogP contribution in [0.3, 0.4) is 0 Å². The van der Waals surface area contributed by atoms with Crippen molar-refractivity contribution < 1.29 is 43.0 Å². The summed E-state index contributed by atoms with van der Waals surface area (Å²) in [5, 5.41) is 24.2. The number of carbonyl (C=O) groups excluding carboxylic acids is 6. The van der Waals surface area contributed by atoms with Gasteiger partial charge in [0.05, 0.1) is 24.8 Å². The minimum Gasteiger partial charge on any atom is -0.392 e. The maximum Gasteiger partial charge on any atom is 0.246 e. The fraction of sp³-hybridized carbons (Fsp3) is 0.524. The van der Waals surface area contributed by atoms with Crippen LogP contribution in [0.25, 0.3) is 10.9 Å². The number of aliphatic hydroxyl groups excluding tert-OH is 1. The normalized spacial score (nSPS) is 25.2. The van der Waals surface area contributed by atoms with Crippen LogP contribution in [0.4, 0.5) is 4.39 Å². The predicted octanol–water partition coefficient (Wildman–Crippen LogP) is -0.179. The molecular formula is C42H56FN9O8. The summed E-state index contributed by atoms with van der Waals surface area (Å²) in [4.78, 5) is 83.9. The van der Waals surface area contributed by atoms with Crippen LogP contribution in [-0.4, -0.2) is 119 Å². The maximum absolute atomic E-state index is 14.9. The van der Waals surface area contributed by atoms with Crippen molar-refractivity contribution in [3.8, 4) is 0 Å². The Balaban J connectivity index is 1.41. The molecule has 2 aromatic carbocycles. The zero-order valence-corrected chi connectivity index (χ0v) is 34.1. The van der Waals surface area contributed by atoms with E-state index in [2.05, 4.69) is 37.4 Å². The largest absolute Gasteiger partial charge is 0.392 e. The summed E-state index contributed by atoms with van der Waals surface area (Å²) in [6.07, 6.45) is 3.57. The highest BCUT2D eigenvalue weighted by Gasteiger charge is 2.45. The third-order valence-corrected chi connectivity index (χ3v) is 11.0. The van der Waals surface area contributed by atoms with Crippen LogP contribution < -0.4 is 37.4 Å². The van der Waals surface area contributed by atoms with Crippen molar-refractivity contribution in [2.75, 3.05) is 32.8 Å². The van der Waals surface area contributed by atoms with Gasteiger partial charge in [-0.3, -0.25) is 34.2 Å². The van der Waals surface area contributed by atoms with Crippen molar-refractivity contribution >= 4 is 46.3 Å². The molecule has 17 nitrogen and oxygen atoms in total. The number of hydrogen-bond donors (Lipinski definition) is 8. The van der Waals surface area contributed by atoms with Gasteiger partial charge < -0.3 is 45.9 Å². The lowest BCUT2D eigenvalue weighted by Crippen LogP contribution is -2.59. The molecule has 18 heteroatoms. The number of aryl methyl sites for hydroxylation is 1. The number of rotatable bonds is 3. The number of aromatic nitrogens is 1. The zero-order chi connectivity index (χ0) is 42.8. The second-order valence-corrected chi connectivity index (χ2v) is 15.8. The molecule has 1 saturated heterocycles. The third-order valence-electron chi connectivity index (χ3n) is 11.0. The van der Waals surface area contributed by atoms with Crippen LogP contribution in [0.1, 0.15) is 62.6 Å². The van der Waals surface area contributed by atoms with E-state index >= 15 is 0 Å². The number of ether oxygens (including phenoxy) is 1. The van der Waals surface area contributed by atoms with Gasteiger partial charge in [-0.2, -0.15) is 0 Å². The fourth-order valence-electron chi connectivity index (χ4n) is 7.88. The quantitative estimate of drug-likeness (QED) is 0.174. The molecule has 8 N–H and O–H groups in total. The SMILES string of the molecule is C[C@@H]1NNCCCCCCn2cc(c3cc(F)ccc32)C[C@@H]2NC(=O)[C@H](Cc3cccc(c3)CNC(=O)CO[C@H]3CCN(C2=O)C3C(=O)NC[C@@H](C)O)NC(=O)CNC1=O. The minimum atomic E-state index is -1.33. The highest BCUT2D eigenvalue weighted by Crippen LogP contribution is 2.28. The van der Waals surface area contributed by atoms with E-state index in [4.69, 9.17) is 4.74 Å². The van der Waals surface area contributed by atoms with E-state index in [1.807, 2.05) is 10.8 Å². The molecule has 4 heterocycles. The molecule has 324 valence electrons. The Morgan fingerprint density at radius 1 is 0.917 bits per heavy atom. The second-order valence-electron chi connectivity index (χ2n) is 15.8. The van der Waals surface area contributed by atoms with E-state index in [1.165, 1.54) is 24.0 Å². The molecule has 3 aromatic rings. The molecule has 1 aromatic heterocycles. The van der Waals surface area contributed by atoms with Gasteiger partial charge in [-0.25, -0.2) is 9.82 Å². The predicted molar refractivity (Wildman–Crippen MR) is 218 cm³/mol. The van der Waals surface area contributed by atoms with E-state index in [9.17, 15) is 38.3 Å². The van der Waals surface area contributed by atoms with Crippen molar-refractivity contribution in [2.24, 2.45) is 0 Å². The molecule has 0 aliphatic carbocycles. The van der Waals surface area contributed by atoms with Crippen LogP contribution in [0.2, 0.25) is 0 Å². The van der Waals surface area contributed by atoms with Gasteiger partial charge in [-0.05, 0) is 68.0 Å². The van der Waals surface area contributed by atoms with E-state index < -0.39 is 90.8 Å². The lowest BCUT2D eigenvalue weighted by atomic mass is 10.00. The number of halogens is 1. The van der Waals surface area contributed by atoms with Gasteiger partial charge in [0.2, 0.25) is 35.4 Å². The molecule has 0 radical (unpaired) electrons. The first-order valence-electron chi connectivity index (χ1n) is 20.7. The fourth-order valence-corrected chi connectivity index (χ4v) is 7.88. The number of nitrogens with zero attached hydrogens (tertiary/aromatic N) is 2. The smallest absolute Gasteiger partial charge is 0.246 e. The first-order chi connectivity index (χ1) is 28.9. The monoisotopic (exact) mass is 833 g/mol. The van der Waals surface area contributed by atoms with E-state index in [0.717, 1.165) is 31.2 Å². The zero-order valence-electron chi connectivity index (χ0n) is 34.1. The number of aliphatic hydroxyl groups is 1. The Morgan fingerprint density at radius 2 is 1.72 bits per heavy atom. The Bertz CT molecular complexity index is 2040. The van der Waals surface area contributed by atoms with Crippen molar-refractivity contribution in [1.82, 2.24) is 46.9 Å². The average molecular weight is 834 g/mol. The van der Waals surface area contributed by atoms with Crippen LogP contribution in [0.15, 0.2) is 48.7 Å². The lowest BCUT2D eigenvalue weighted by Gasteiger charge is -2.31. The van der Waals surface area contributed by atoms with Gasteiger partial charge in [-0.15, -0.1) is 0 Å². The molecule has 1 fully saturated rings. The molecule has 3 aliphatic heterocycles. The highest BCUT2D eigenvalue weighted by molar-refractivity contribution is 5.96. The van der Waals surface area contributed by atoms with Gasteiger partial charge >= 0.3 is 0 Å². The number of fused-ring (bicyclic) bond motifs is 12. The number of hydrogen-bond acceptors (Lipinski definition) is 10. The number of nitrogens with one attached hydrogen (secondary N) is 7. The molecule has 8 bridgehead atoms. The maximum atomic E-state index is 14.9. The number of carbonyl (C=O) groups is 6. The van der Waals surface area contributed by atoms with Gasteiger partial charge in [0.1, 0.15) is 30.5 Å². The van der Waals surface area contributed by atoms with Gasteiger partial charge in [0.25, 0.3) is 0 Å². The molecule has 0 saturated carbocycles. The number of hydrazine groups is 1. The average Bonchev–Trinajstić information content (AvgIpc) is 3.80. The summed E-state index contributed by atoms with van der Waals surface area (Å²) >= 11 is 0. The second kappa shape index (κ2) is 20.7. The lowest BCUT2D eigenvalue weighted by molar-refractivity contribution is -0.145. The minimum absolute atomic E-state index is 0.0279. The summed E-state index contributed by atoms with van der Waals surface area (Å²) in [6.45, 7) is 3.58. The summed E-state index contributed by atoms with van der Waals surface area (Å²) in [5.41, 5.74) is 8.68. The summed E-state index contributed by atoms with van der Waals surface area (Å²) in [5.74, 6) is -3.99. The molecule has 6 rings (SSSR count). The van der Waals surface area contributed by atoms with Gasteiger partial charge in [0, 0.05) is 62.7 Å². The number of amides is 6. The third kappa shape index (κ3) is 11.6. The van der Waals surface area contributed by atoms with Crippen molar-refractivity contribution in [2.45, 2.75) is 108 Å². The van der Waals surface area contributed by atoms with Crippen LogP contribution >= 0.6 is 0 Å². The van der Waals surface area contributed by atoms with Gasteiger partial charge in [-0.1, -0.05) is 37.1 Å². The Morgan fingerprint density at radius 3 is 2.53 bits per heavy atom. The first kappa shape index (κ1) is 44.1. The standard InChI is InChI=1S/C42H56FN9O8/c1-25(53)20-45-41(58)38-35-12-15-52(38)42(59)33-18-29-23-51(34-11-10-30(43)19-31(29)34)14-6-4-3-5-13-47-50-26(2)39(56)46-22-36(54)48-32(40(57)49-33)17-27-8-7-9-28(16-27)21-44-37(55)24-60-35/h7-11,16,19,23,25-26,32-33,35,38,47,50,53H,3-6,12-15,17-18,20-22,24H2,1-2H3,(H,44,55)(H,45,58)(H,46,56)(H,48,54)(H,49,57)/t25-,26+,32+,33+,35+,38?/m1/s1. The van der Waals surface area contributed by atoms with E-state index in [-0.39, 0.29) is 38.9 Å². The molecule has 60 heavy (non-hydrogen) atoms. The Labute approximate surface area is 347 Å². The topological polar surface area (TPSA) is 224 Å². The van der Waals surface area contributed by atoms with E-state index in [0.29, 0.717) is 35.2 Å². The molecular weight excluding hydrogens is 778 g/mol. The molecule has 6 atom stereocenters. The van der Waals surface area contributed by atoms with Crippen molar-refractivity contribution in [3.63, 3.8) is 0 Å². The van der Waals surface area contributed by atoms with Crippen LogP contribution in [0.5, 0.6) is 0 Å². The first-order valence-corrected chi connectivity index (χ1v) is 20.7. The molecule has 0 spiro atoms. The molecule has 6 amide bonds. The Hall–Kier alpha value is -5.43. The molecule has 3 aliphatic rings. The summed E-state index contributed by atoms with van der Waals surface area (Å²) in [7, 11) is 0. The van der Waals surface area contributed by atoms with Crippen molar-refractivity contribution in [3.05, 3.63) is 71.2 Å². The van der Waals surface area contributed by atoms with Crippen LogP contribution in [0, 0.1) is 5.82 Å². The summed E-state index contributed by atoms with van der Waals surface area (Å²) < 4.78 is 22.9. The summed E-state index contributed by atoms with van der Waals surface area (Å²) in [6, 6.07) is 7.07. The Kier molecular flexibility index (Phi) is 15.2. The highest BCUT2D eigenvalue weighted by atomic mass is 19.1. The van der Waals surface area contributed by atoms with Gasteiger partial charge in [0.15, 0.2) is 0 Å².